The Labute approximate surface area is 144 Å². The average Bonchev–Trinajstić information content (AvgIpc) is 2.83. The highest BCUT2D eigenvalue weighted by molar-refractivity contribution is 5.79. The Morgan fingerprint density at radius 3 is 2.46 bits per heavy atom. The predicted octanol–water partition coefficient (Wildman–Crippen LogP) is 2.47. The van der Waals surface area contributed by atoms with Crippen LogP contribution in [0.25, 0.3) is 5.69 Å². The summed E-state index contributed by atoms with van der Waals surface area (Å²) in [5, 5.41) is 4.61. The monoisotopic (exact) mass is 328 g/mol. The molecule has 1 aromatic heterocycles. The van der Waals surface area contributed by atoms with Crippen molar-refractivity contribution >= 4 is 5.91 Å². The summed E-state index contributed by atoms with van der Waals surface area (Å²) < 4.78 is 1.90. The quantitative estimate of drug-likeness (QED) is 0.886. The van der Waals surface area contributed by atoms with E-state index in [0.717, 1.165) is 22.6 Å². The molecule has 5 heteroatoms. The van der Waals surface area contributed by atoms with Crippen molar-refractivity contribution in [1.29, 1.82) is 0 Å². The largest absolute Gasteiger partial charge is 0.345 e. The number of benzene rings is 1. The number of carbonyl (C=O) groups is 1. The van der Waals surface area contributed by atoms with Gasteiger partial charge in [-0.25, -0.2) is 4.68 Å². The molecule has 0 saturated carbocycles. The molecule has 0 atom stereocenters. The summed E-state index contributed by atoms with van der Waals surface area (Å²) in [6.07, 6.45) is 0.363. The minimum absolute atomic E-state index is 0.0806. The van der Waals surface area contributed by atoms with Gasteiger partial charge < -0.3 is 10.6 Å². The van der Waals surface area contributed by atoms with E-state index in [4.69, 9.17) is 5.73 Å². The minimum Gasteiger partial charge on any atom is -0.345 e. The Morgan fingerprint density at radius 1 is 1.25 bits per heavy atom. The molecule has 0 aliphatic heterocycles. The molecule has 130 valence electrons. The molecule has 5 nitrogen and oxygen atoms in total. The standard InChI is InChI=1S/C19H28N4O/c1-14-17(11-18(24)22(5)13-19(3,4)12-20)15(2)23(21-14)16-9-7-6-8-10-16/h6-10H,11-13,20H2,1-5H3. The van der Waals surface area contributed by atoms with Crippen LogP contribution in [-0.4, -0.2) is 40.7 Å². The molecule has 2 N–H and O–H groups in total. The molecule has 1 heterocycles. The number of hydrogen-bond donors (Lipinski definition) is 1. The summed E-state index contributed by atoms with van der Waals surface area (Å²) in [5.74, 6) is 0.0929. The van der Waals surface area contributed by atoms with E-state index in [1.807, 2.05) is 55.9 Å². The smallest absolute Gasteiger partial charge is 0.226 e. The summed E-state index contributed by atoms with van der Waals surface area (Å²) in [6, 6.07) is 9.98. The van der Waals surface area contributed by atoms with Crippen molar-refractivity contribution in [2.45, 2.75) is 34.1 Å². The topological polar surface area (TPSA) is 64.2 Å². The Kier molecular flexibility index (Phi) is 5.44. The van der Waals surface area contributed by atoms with Gasteiger partial charge in [0.05, 0.1) is 17.8 Å². The maximum Gasteiger partial charge on any atom is 0.226 e. The number of nitrogens with two attached hydrogens (primary N) is 1. The number of carbonyl (C=O) groups excluding carboxylic acids is 1. The highest BCUT2D eigenvalue weighted by atomic mass is 16.2. The molecule has 0 spiro atoms. The zero-order valence-electron chi connectivity index (χ0n) is 15.3. The Hall–Kier alpha value is -2.14. The molecule has 0 bridgehead atoms. The molecule has 0 fully saturated rings. The fourth-order valence-corrected chi connectivity index (χ4v) is 2.83. The molecule has 0 unspecified atom stereocenters. The first kappa shape index (κ1) is 18.2. The van der Waals surface area contributed by atoms with Crippen molar-refractivity contribution in [3.63, 3.8) is 0 Å². The van der Waals surface area contributed by atoms with Crippen LogP contribution in [0.5, 0.6) is 0 Å². The van der Waals surface area contributed by atoms with E-state index in [2.05, 4.69) is 18.9 Å². The van der Waals surface area contributed by atoms with Gasteiger partial charge in [0.25, 0.3) is 0 Å². The van der Waals surface area contributed by atoms with Gasteiger partial charge in [0, 0.05) is 24.8 Å². The van der Waals surface area contributed by atoms with Gasteiger partial charge in [0.2, 0.25) is 5.91 Å². The van der Waals surface area contributed by atoms with Crippen LogP contribution in [0.4, 0.5) is 0 Å². The highest BCUT2D eigenvalue weighted by Gasteiger charge is 2.23. The zero-order chi connectivity index (χ0) is 17.9. The molecule has 0 saturated heterocycles. The number of nitrogens with zero attached hydrogens (tertiary/aromatic N) is 3. The molecule has 2 rings (SSSR count). The van der Waals surface area contributed by atoms with Gasteiger partial charge in [0.15, 0.2) is 0 Å². The fraction of sp³-hybridized carbons (Fsp3) is 0.474. The van der Waals surface area contributed by atoms with Crippen LogP contribution in [-0.2, 0) is 11.2 Å². The third kappa shape index (κ3) is 4.03. The van der Waals surface area contributed by atoms with Crippen molar-refractivity contribution in [2.24, 2.45) is 11.1 Å². The summed E-state index contributed by atoms with van der Waals surface area (Å²) in [6.45, 7) is 9.31. The van der Waals surface area contributed by atoms with Crippen molar-refractivity contribution in [1.82, 2.24) is 14.7 Å². The van der Waals surface area contributed by atoms with Crippen molar-refractivity contribution in [3.05, 3.63) is 47.3 Å². The summed E-state index contributed by atoms with van der Waals surface area (Å²) in [4.78, 5) is 14.4. The Bertz CT molecular complexity index is 704. The number of hydrogen-bond acceptors (Lipinski definition) is 3. The molecule has 0 aliphatic carbocycles. The normalized spacial score (nSPS) is 11.6. The summed E-state index contributed by atoms with van der Waals surface area (Å²) >= 11 is 0. The van der Waals surface area contributed by atoms with Crippen molar-refractivity contribution < 1.29 is 4.79 Å². The van der Waals surface area contributed by atoms with Crippen LogP contribution in [0, 0.1) is 19.3 Å². The number of rotatable bonds is 6. The van der Waals surface area contributed by atoms with E-state index in [1.165, 1.54) is 0 Å². The number of aryl methyl sites for hydroxylation is 1. The van der Waals surface area contributed by atoms with E-state index in [9.17, 15) is 4.79 Å². The highest BCUT2D eigenvalue weighted by Crippen LogP contribution is 2.20. The second-order valence-corrected chi connectivity index (χ2v) is 7.19. The van der Waals surface area contributed by atoms with Gasteiger partial charge in [-0.1, -0.05) is 32.0 Å². The van der Waals surface area contributed by atoms with Gasteiger partial charge in [0.1, 0.15) is 0 Å². The first-order valence-electron chi connectivity index (χ1n) is 8.30. The average molecular weight is 328 g/mol. The molecule has 0 aliphatic rings. The second-order valence-electron chi connectivity index (χ2n) is 7.19. The lowest BCUT2D eigenvalue weighted by Crippen LogP contribution is -2.40. The van der Waals surface area contributed by atoms with Gasteiger partial charge in [-0.15, -0.1) is 0 Å². The molecule has 1 aromatic carbocycles. The van der Waals surface area contributed by atoms with Crippen LogP contribution < -0.4 is 5.73 Å². The fourth-order valence-electron chi connectivity index (χ4n) is 2.83. The van der Waals surface area contributed by atoms with Crippen molar-refractivity contribution in [3.8, 4) is 5.69 Å². The van der Waals surface area contributed by atoms with E-state index in [0.29, 0.717) is 19.5 Å². The lowest BCUT2D eigenvalue weighted by molar-refractivity contribution is -0.130. The SMILES string of the molecule is Cc1nn(-c2ccccc2)c(C)c1CC(=O)N(C)CC(C)(C)CN. The lowest BCUT2D eigenvalue weighted by atomic mass is 9.93. The van der Waals surface area contributed by atoms with E-state index >= 15 is 0 Å². The van der Waals surface area contributed by atoms with Gasteiger partial charge in [-0.3, -0.25) is 4.79 Å². The molecular formula is C19H28N4O. The zero-order valence-corrected chi connectivity index (χ0v) is 15.3. The van der Waals surface area contributed by atoms with E-state index < -0.39 is 0 Å². The van der Waals surface area contributed by atoms with Gasteiger partial charge >= 0.3 is 0 Å². The maximum atomic E-state index is 12.6. The first-order chi connectivity index (χ1) is 11.2. The first-order valence-corrected chi connectivity index (χ1v) is 8.30. The number of likely N-dealkylation sites (N-methyl/N-ethyl adjacent to an activating group) is 1. The van der Waals surface area contributed by atoms with Gasteiger partial charge in [-0.05, 0) is 37.9 Å². The third-order valence-corrected chi connectivity index (χ3v) is 4.41. The van der Waals surface area contributed by atoms with E-state index in [1.54, 1.807) is 4.90 Å². The number of para-hydroxylation sites is 1. The number of amides is 1. The second kappa shape index (κ2) is 7.18. The van der Waals surface area contributed by atoms with Crippen LogP contribution in [0.1, 0.15) is 30.8 Å². The predicted molar refractivity (Wildman–Crippen MR) is 97.2 cm³/mol. The lowest BCUT2D eigenvalue weighted by Gasteiger charge is -2.29. The Balaban J connectivity index is 2.19. The maximum absolute atomic E-state index is 12.6. The summed E-state index contributed by atoms with van der Waals surface area (Å²) in [5.41, 5.74) is 9.61. The molecule has 2 aromatic rings. The molecular weight excluding hydrogens is 300 g/mol. The van der Waals surface area contributed by atoms with Crippen LogP contribution in [0.3, 0.4) is 0 Å². The Morgan fingerprint density at radius 2 is 1.88 bits per heavy atom. The van der Waals surface area contributed by atoms with Crippen molar-refractivity contribution in [2.75, 3.05) is 20.1 Å². The number of aromatic nitrogens is 2. The van der Waals surface area contributed by atoms with Crippen LogP contribution >= 0.6 is 0 Å². The molecule has 0 radical (unpaired) electrons. The third-order valence-electron chi connectivity index (χ3n) is 4.41. The summed E-state index contributed by atoms with van der Waals surface area (Å²) in [7, 11) is 1.84. The molecule has 1 amide bonds. The van der Waals surface area contributed by atoms with Gasteiger partial charge in [-0.2, -0.15) is 5.10 Å². The van der Waals surface area contributed by atoms with Crippen LogP contribution in [0.15, 0.2) is 30.3 Å². The minimum atomic E-state index is -0.0806. The molecule has 24 heavy (non-hydrogen) atoms. The van der Waals surface area contributed by atoms with E-state index in [-0.39, 0.29) is 11.3 Å². The van der Waals surface area contributed by atoms with Crippen LogP contribution in [0.2, 0.25) is 0 Å².